The van der Waals surface area contributed by atoms with Gasteiger partial charge in [0.05, 0.1) is 18.9 Å². The normalized spacial score (nSPS) is 13.6. The molecule has 1 rings (SSSR count). The van der Waals surface area contributed by atoms with E-state index in [-0.39, 0.29) is 5.66 Å². The van der Waals surface area contributed by atoms with Gasteiger partial charge in [-0.15, -0.1) is 0 Å². The van der Waals surface area contributed by atoms with Crippen molar-refractivity contribution < 1.29 is 13.6 Å². The van der Waals surface area contributed by atoms with E-state index in [2.05, 4.69) is 6.07 Å². The molecule has 0 fully saturated rings. The topological polar surface area (TPSA) is 35.5 Å². The lowest BCUT2D eigenvalue weighted by atomic mass is 10.1. The van der Waals surface area contributed by atoms with E-state index in [4.69, 9.17) is 9.05 Å². The largest absolute Gasteiger partial charge is 0.337 e. The van der Waals surface area contributed by atoms with Crippen molar-refractivity contribution in [3.8, 4) is 0 Å². The number of rotatable bonds is 6. The zero-order valence-corrected chi connectivity index (χ0v) is 12.8. The molecule has 0 aliphatic carbocycles. The van der Waals surface area contributed by atoms with E-state index in [0.29, 0.717) is 13.2 Å². The number of hydrogen-bond donors (Lipinski definition) is 0. The van der Waals surface area contributed by atoms with Crippen molar-refractivity contribution >= 4 is 7.60 Å². The third-order valence-corrected chi connectivity index (χ3v) is 5.30. The summed E-state index contributed by atoms with van der Waals surface area (Å²) in [6, 6.07) is 6.19. The number of aryl methyl sites for hydroxylation is 2. The minimum Gasteiger partial charge on any atom is -0.308 e. The molecule has 4 heteroatoms. The van der Waals surface area contributed by atoms with E-state index < -0.39 is 7.60 Å². The Balaban J connectivity index is 3.09. The molecular weight excluding hydrogens is 247 g/mol. The molecule has 0 N–H and O–H groups in total. The fraction of sp³-hybridized carbons (Fsp3) is 0.571. The van der Waals surface area contributed by atoms with Gasteiger partial charge < -0.3 is 9.05 Å². The molecule has 0 aliphatic rings. The van der Waals surface area contributed by atoms with Crippen LogP contribution < -0.4 is 0 Å². The summed E-state index contributed by atoms with van der Waals surface area (Å²) < 4.78 is 23.5. The van der Waals surface area contributed by atoms with Gasteiger partial charge in [-0.2, -0.15) is 0 Å². The third-order valence-electron chi connectivity index (χ3n) is 2.82. The molecule has 1 atom stereocenters. The van der Waals surface area contributed by atoms with E-state index >= 15 is 0 Å². The molecule has 0 aromatic heterocycles. The van der Waals surface area contributed by atoms with Gasteiger partial charge in [0.25, 0.3) is 0 Å². The van der Waals surface area contributed by atoms with Crippen LogP contribution in [0.1, 0.15) is 43.1 Å². The maximum Gasteiger partial charge on any atom is 0.337 e. The molecule has 0 spiro atoms. The van der Waals surface area contributed by atoms with Crippen LogP contribution in [0.25, 0.3) is 0 Å². The van der Waals surface area contributed by atoms with Crippen LogP contribution in [0.2, 0.25) is 0 Å². The van der Waals surface area contributed by atoms with Crippen molar-refractivity contribution in [1.82, 2.24) is 0 Å². The van der Waals surface area contributed by atoms with Gasteiger partial charge in [0.1, 0.15) is 0 Å². The Bertz CT molecular complexity index is 412. The summed E-state index contributed by atoms with van der Waals surface area (Å²) in [7, 11) is -3.07. The highest BCUT2D eigenvalue weighted by Crippen LogP contribution is 2.60. The Hall–Kier alpha value is -0.630. The standard InChI is InChI=1S/C14H23O3P/c1-6-16-18(15,17-7-2)13(5)14-9-11(3)8-12(4)10-14/h8-10,13H,6-7H2,1-5H3. The zero-order valence-electron chi connectivity index (χ0n) is 11.9. The third kappa shape index (κ3) is 3.68. The van der Waals surface area contributed by atoms with Gasteiger partial charge in [0.15, 0.2) is 0 Å². The Morgan fingerprint density at radius 1 is 1.06 bits per heavy atom. The van der Waals surface area contributed by atoms with Crippen LogP contribution in [0.4, 0.5) is 0 Å². The van der Waals surface area contributed by atoms with Gasteiger partial charge in [0, 0.05) is 0 Å². The average molecular weight is 270 g/mol. The fourth-order valence-electron chi connectivity index (χ4n) is 2.05. The van der Waals surface area contributed by atoms with Crippen molar-refractivity contribution in [1.29, 1.82) is 0 Å². The molecule has 3 nitrogen and oxygen atoms in total. The molecule has 102 valence electrons. The molecule has 1 unspecified atom stereocenters. The van der Waals surface area contributed by atoms with Gasteiger partial charge in [-0.1, -0.05) is 29.3 Å². The summed E-state index contributed by atoms with van der Waals surface area (Å²) in [6.07, 6.45) is 0. The van der Waals surface area contributed by atoms with E-state index in [9.17, 15) is 4.57 Å². The fourth-order valence-corrected chi connectivity index (χ4v) is 3.81. The molecule has 0 amide bonds. The minimum absolute atomic E-state index is 0.240. The van der Waals surface area contributed by atoms with Crippen LogP contribution in [0, 0.1) is 13.8 Å². The maximum atomic E-state index is 12.7. The highest BCUT2D eigenvalue weighted by Gasteiger charge is 2.33. The Labute approximate surface area is 110 Å². The van der Waals surface area contributed by atoms with Crippen LogP contribution in [0.3, 0.4) is 0 Å². The quantitative estimate of drug-likeness (QED) is 0.707. The molecule has 0 aliphatic heterocycles. The number of hydrogen-bond acceptors (Lipinski definition) is 3. The molecule has 0 bridgehead atoms. The van der Waals surface area contributed by atoms with E-state index in [0.717, 1.165) is 16.7 Å². The van der Waals surface area contributed by atoms with E-state index in [1.54, 1.807) is 0 Å². The van der Waals surface area contributed by atoms with Crippen LogP contribution in [-0.4, -0.2) is 13.2 Å². The summed E-state index contributed by atoms with van der Waals surface area (Å²) >= 11 is 0. The van der Waals surface area contributed by atoms with Crippen LogP contribution in [0.5, 0.6) is 0 Å². The summed E-state index contributed by atoms with van der Waals surface area (Å²) in [5.74, 6) is 0. The zero-order chi connectivity index (χ0) is 13.8. The van der Waals surface area contributed by atoms with Crippen LogP contribution in [0.15, 0.2) is 18.2 Å². The minimum atomic E-state index is -3.07. The smallest absolute Gasteiger partial charge is 0.308 e. The van der Waals surface area contributed by atoms with Gasteiger partial charge in [-0.25, -0.2) is 0 Å². The molecule has 1 aromatic rings. The molecule has 0 radical (unpaired) electrons. The van der Waals surface area contributed by atoms with Gasteiger partial charge >= 0.3 is 7.60 Å². The second-order valence-corrected chi connectivity index (χ2v) is 6.84. The van der Waals surface area contributed by atoms with Crippen molar-refractivity contribution in [3.05, 3.63) is 34.9 Å². The Kier molecular flexibility index (Phi) is 5.58. The Morgan fingerprint density at radius 3 is 1.89 bits per heavy atom. The summed E-state index contributed by atoms with van der Waals surface area (Å²) in [5, 5.41) is 0. The summed E-state index contributed by atoms with van der Waals surface area (Å²) in [5.41, 5.74) is 3.10. The first-order chi connectivity index (χ1) is 8.42. The van der Waals surface area contributed by atoms with Gasteiger partial charge in [-0.3, -0.25) is 4.57 Å². The second kappa shape index (κ2) is 6.51. The predicted molar refractivity (Wildman–Crippen MR) is 75.2 cm³/mol. The molecule has 0 saturated heterocycles. The molecule has 1 aromatic carbocycles. The molecule has 0 heterocycles. The lowest BCUT2D eigenvalue weighted by Crippen LogP contribution is -2.04. The van der Waals surface area contributed by atoms with E-state index in [1.165, 1.54) is 0 Å². The van der Waals surface area contributed by atoms with Crippen molar-refractivity contribution in [2.75, 3.05) is 13.2 Å². The lowest BCUT2D eigenvalue weighted by Gasteiger charge is -2.24. The van der Waals surface area contributed by atoms with Crippen molar-refractivity contribution in [3.63, 3.8) is 0 Å². The second-order valence-electron chi connectivity index (χ2n) is 4.47. The monoisotopic (exact) mass is 270 g/mol. The molecule has 0 saturated carbocycles. The number of benzene rings is 1. The molecular formula is C14H23O3P. The van der Waals surface area contributed by atoms with Crippen LogP contribution >= 0.6 is 7.60 Å². The first-order valence-electron chi connectivity index (χ1n) is 6.40. The SMILES string of the molecule is CCOP(=O)(OCC)C(C)c1cc(C)cc(C)c1. The predicted octanol–water partition coefficient (Wildman–Crippen LogP) is 4.63. The maximum absolute atomic E-state index is 12.7. The summed E-state index contributed by atoms with van der Waals surface area (Å²) in [4.78, 5) is 0. The first kappa shape index (κ1) is 15.4. The van der Waals surface area contributed by atoms with Gasteiger partial charge in [0.2, 0.25) is 0 Å². The first-order valence-corrected chi connectivity index (χ1v) is 8.01. The van der Waals surface area contributed by atoms with Crippen molar-refractivity contribution in [2.45, 2.75) is 40.3 Å². The van der Waals surface area contributed by atoms with Crippen molar-refractivity contribution in [2.24, 2.45) is 0 Å². The summed E-state index contributed by atoms with van der Waals surface area (Å²) in [6.45, 7) is 10.4. The lowest BCUT2D eigenvalue weighted by molar-refractivity contribution is 0.213. The van der Waals surface area contributed by atoms with Crippen LogP contribution in [-0.2, 0) is 13.6 Å². The van der Waals surface area contributed by atoms with E-state index in [1.807, 2.05) is 46.8 Å². The van der Waals surface area contributed by atoms with Gasteiger partial charge in [-0.05, 0) is 40.2 Å². The molecule has 18 heavy (non-hydrogen) atoms. The average Bonchev–Trinajstić information content (AvgIpc) is 2.27. The Morgan fingerprint density at radius 2 is 1.50 bits per heavy atom. The highest BCUT2D eigenvalue weighted by molar-refractivity contribution is 7.54. The highest BCUT2D eigenvalue weighted by atomic mass is 31.2.